The highest BCUT2D eigenvalue weighted by atomic mass is 16.4. The fourth-order valence-electron chi connectivity index (χ4n) is 5.08. The van der Waals surface area contributed by atoms with Gasteiger partial charge >= 0.3 is 5.97 Å². The minimum atomic E-state index is -1.54. The quantitative estimate of drug-likeness (QED) is 0.115. The van der Waals surface area contributed by atoms with Crippen molar-refractivity contribution in [2.75, 3.05) is 19.6 Å². The number of rotatable bonds is 11. The van der Waals surface area contributed by atoms with Gasteiger partial charge in [-0.1, -0.05) is 30.3 Å². The Morgan fingerprint density at radius 1 is 0.800 bits per heavy atom. The lowest BCUT2D eigenvalue weighted by Gasteiger charge is -2.27. The Balaban J connectivity index is 1.91. The third-order valence-electron chi connectivity index (χ3n) is 7.50. The molecule has 0 radical (unpaired) electrons. The van der Waals surface area contributed by atoms with Crippen LogP contribution in [0.2, 0.25) is 0 Å². The molecule has 11 N–H and O–H groups in total. The highest BCUT2D eigenvalue weighted by Crippen LogP contribution is 2.11. The first-order valence-corrected chi connectivity index (χ1v) is 15.1. The van der Waals surface area contributed by atoms with Crippen molar-refractivity contribution in [3.63, 3.8) is 0 Å². The van der Waals surface area contributed by atoms with Crippen molar-refractivity contribution in [2.45, 2.75) is 81.6 Å². The second-order valence-electron chi connectivity index (χ2n) is 11.1. The maximum atomic E-state index is 13.6. The molecule has 5 amide bonds. The summed E-state index contributed by atoms with van der Waals surface area (Å²) in [6, 6.07) is 3.78. The number of aliphatic carboxylic acids is 1. The van der Waals surface area contributed by atoms with E-state index in [1.165, 1.54) is 0 Å². The fraction of sp³-hybridized carbons (Fsp3) is 0.552. The van der Waals surface area contributed by atoms with Gasteiger partial charge in [0.15, 0.2) is 5.96 Å². The molecule has 2 heterocycles. The van der Waals surface area contributed by atoms with Gasteiger partial charge < -0.3 is 48.5 Å². The maximum absolute atomic E-state index is 13.6. The molecule has 1 aromatic rings. The van der Waals surface area contributed by atoms with E-state index in [2.05, 4.69) is 36.9 Å². The first-order chi connectivity index (χ1) is 21.5. The number of carboxylic acids is 1. The summed E-state index contributed by atoms with van der Waals surface area (Å²) in [7, 11) is 0. The molecule has 1 saturated heterocycles. The number of carbonyl (C=O) groups is 6. The van der Waals surface area contributed by atoms with Gasteiger partial charge in [0.1, 0.15) is 24.2 Å². The molecule has 2 aliphatic rings. The first-order valence-electron chi connectivity index (χ1n) is 15.1. The Hall–Kier alpha value is -4.73. The third-order valence-corrected chi connectivity index (χ3v) is 7.50. The topological polar surface area (TPSA) is 259 Å². The summed E-state index contributed by atoms with van der Waals surface area (Å²) >= 11 is 0. The zero-order valence-corrected chi connectivity index (χ0v) is 25.1. The molecule has 16 heteroatoms. The minimum Gasteiger partial charge on any atom is -0.481 e. The van der Waals surface area contributed by atoms with Crippen LogP contribution in [-0.2, 0) is 35.2 Å². The summed E-state index contributed by atoms with van der Waals surface area (Å²) in [5.74, 6) is -4.80. The standard InChI is InChI=1S/C29H43N9O7/c30-12-5-4-8-19-26(43)37-20(10-9-18-11-13-32-29(31)34-18)25(42)33-16-23(39)35-22(15-24(40)41)28(45)38-21(27(44)36-19)14-17-6-2-1-3-7-17/h1-3,6-7,18-22H,4-5,8-16,30H2,(H,33,42)(H,35,39)(H,36,44)(H,37,43)(H,38,45)(H,40,41)(H3,31,32,34)/t18?,19-,20+,21+,22+/m1/s1. The Kier molecular flexibility index (Phi) is 13.5. The van der Waals surface area contributed by atoms with Gasteiger partial charge in [-0.3, -0.25) is 33.8 Å². The zero-order chi connectivity index (χ0) is 32.8. The predicted octanol–water partition coefficient (Wildman–Crippen LogP) is -2.64. The Bertz CT molecular complexity index is 1240. The number of nitrogens with two attached hydrogens (primary N) is 2. The molecule has 16 nitrogen and oxygen atoms in total. The van der Waals surface area contributed by atoms with E-state index in [1.807, 2.05) is 0 Å². The van der Waals surface area contributed by atoms with Gasteiger partial charge in [-0.2, -0.15) is 0 Å². The largest absolute Gasteiger partial charge is 0.481 e. The number of carboxylic acid groups (broad SMARTS) is 1. The van der Waals surface area contributed by atoms with E-state index in [0.717, 1.165) is 0 Å². The molecular weight excluding hydrogens is 586 g/mol. The van der Waals surface area contributed by atoms with Crippen LogP contribution in [0.3, 0.4) is 0 Å². The second-order valence-corrected chi connectivity index (χ2v) is 11.1. The van der Waals surface area contributed by atoms with Gasteiger partial charge in [0.05, 0.1) is 13.0 Å². The molecule has 2 aliphatic heterocycles. The SMILES string of the molecule is NCCCC[C@H]1NC(=O)[C@H](Cc2ccccc2)NC(=O)[C@H](CC(=O)O)NC(=O)CNC(=O)[C@H](CCC2CCN=C(N)N2)NC1=O. The van der Waals surface area contributed by atoms with Crippen LogP contribution in [-0.4, -0.2) is 96.4 Å². The molecule has 45 heavy (non-hydrogen) atoms. The number of hydrogen-bond donors (Lipinski definition) is 9. The van der Waals surface area contributed by atoms with Crippen molar-refractivity contribution in [1.29, 1.82) is 0 Å². The van der Waals surface area contributed by atoms with Gasteiger partial charge in [-0.25, -0.2) is 0 Å². The summed E-state index contributed by atoms with van der Waals surface area (Å²) in [6.45, 7) is 0.295. The Morgan fingerprint density at radius 3 is 2.11 bits per heavy atom. The third kappa shape index (κ3) is 11.7. The van der Waals surface area contributed by atoms with Crippen LogP contribution in [0.25, 0.3) is 0 Å². The molecule has 1 unspecified atom stereocenters. The summed E-state index contributed by atoms with van der Waals surface area (Å²) in [6.07, 6.45) is 1.80. The molecular formula is C29H43N9O7. The van der Waals surface area contributed by atoms with Crippen LogP contribution in [0.15, 0.2) is 35.3 Å². The average Bonchev–Trinajstić information content (AvgIpc) is 3.00. The lowest BCUT2D eigenvalue weighted by molar-refractivity contribution is -0.141. The normalized spacial score (nSPS) is 25.1. The van der Waals surface area contributed by atoms with Crippen molar-refractivity contribution in [2.24, 2.45) is 16.5 Å². The summed E-state index contributed by atoms with van der Waals surface area (Å²) in [5.41, 5.74) is 12.1. The second kappa shape index (κ2) is 17.5. The van der Waals surface area contributed by atoms with Crippen molar-refractivity contribution < 1.29 is 33.9 Å². The maximum Gasteiger partial charge on any atom is 0.305 e. The van der Waals surface area contributed by atoms with Crippen molar-refractivity contribution >= 4 is 41.5 Å². The molecule has 1 aromatic carbocycles. The molecule has 0 bridgehead atoms. The number of benzene rings is 1. The van der Waals surface area contributed by atoms with Crippen LogP contribution < -0.4 is 43.4 Å². The molecule has 1 fully saturated rings. The van der Waals surface area contributed by atoms with E-state index in [1.54, 1.807) is 30.3 Å². The molecule has 0 spiro atoms. The molecule has 0 aliphatic carbocycles. The van der Waals surface area contributed by atoms with E-state index in [9.17, 15) is 33.9 Å². The number of amides is 5. The van der Waals surface area contributed by atoms with Crippen LogP contribution in [0, 0.1) is 0 Å². The fourth-order valence-corrected chi connectivity index (χ4v) is 5.08. The smallest absolute Gasteiger partial charge is 0.305 e. The van der Waals surface area contributed by atoms with Gasteiger partial charge in [0.2, 0.25) is 29.5 Å². The summed E-state index contributed by atoms with van der Waals surface area (Å²) < 4.78 is 0. The number of nitrogens with zero attached hydrogens (tertiary/aromatic N) is 1. The van der Waals surface area contributed by atoms with E-state index < -0.39 is 72.6 Å². The Labute approximate surface area is 260 Å². The molecule has 0 aromatic heterocycles. The highest BCUT2D eigenvalue weighted by Gasteiger charge is 2.33. The monoisotopic (exact) mass is 629 g/mol. The lowest BCUT2D eigenvalue weighted by Crippen LogP contribution is -2.58. The van der Waals surface area contributed by atoms with Crippen molar-refractivity contribution in [3.8, 4) is 0 Å². The molecule has 3 rings (SSSR count). The van der Waals surface area contributed by atoms with E-state index >= 15 is 0 Å². The molecule has 5 atom stereocenters. The van der Waals surface area contributed by atoms with Crippen LogP contribution in [0.1, 0.15) is 50.5 Å². The van der Waals surface area contributed by atoms with Crippen LogP contribution >= 0.6 is 0 Å². The van der Waals surface area contributed by atoms with Crippen molar-refractivity contribution in [3.05, 3.63) is 35.9 Å². The first kappa shape index (κ1) is 34.8. The summed E-state index contributed by atoms with van der Waals surface area (Å²) in [5, 5.41) is 25.2. The van der Waals surface area contributed by atoms with Gasteiger partial charge in [0.25, 0.3) is 0 Å². The van der Waals surface area contributed by atoms with Crippen LogP contribution in [0.5, 0.6) is 0 Å². The number of aliphatic imine (C=N–C) groups is 1. The number of carbonyl (C=O) groups excluding carboxylic acids is 5. The van der Waals surface area contributed by atoms with Gasteiger partial charge in [-0.05, 0) is 50.6 Å². The van der Waals surface area contributed by atoms with Gasteiger partial charge in [0, 0.05) is 19.0 Å². The van der Waals surface area contributed by atoms with Gasteiger partial charge in [-0.15, -0.1) is 0 Å². The highest BCUT2D eigenvalue weighted by molar-refractivity contribution is 5.98. The van der Waals surface area contributed by atoms with E-state index in [4.69, 9.17) is 11.5 Å². The predicted molar refractivity (Wildman–Crippen MR) is 163 cm³/mol. The average molecular weight is 630 g/mol. The molecule has 0 saturated carbocycles. The summed E-state index contributed by atoms with van der Waals surface area (Å²) in [4.78, 5) is 82.1. The zero-order valence-electron chi connectivity index (χ0n) is 25.1. The lowest BCUT2D eigenvalue weighted by atomic mass is 10.0. The van der Waals surface area contributed by atoms with Crippen molar-refractivity contribution in [1.82, 2.24) is 31.9 Å². The number of guanidine groups is 1. The number of unbranched alkanes of at least 4 members (excludes halogenated alkanes) is 1. The number of nitrogens with one attached hydrogen (secondary N) is 6. The van der Waals surface area contributed by atoms with E-state index in [0.29, 0.717) is 44.3 Å². The molecule has 246 valence electrons. The van der Waals surface area contributed by atoms with Crippen LogP contribution in [0.4, 0.5) is 0 Å². The number of hydrogen-bond acceptors (Lipinski definition) is 10. The minimum absolute atomic E-state index is 0.0206. The Morgan fingerprint density at radius 2 is 1.44 bits per heavy atom. The van der Waals surface area contributed by atoms with E-state index in [-0.39, 0.29) is 31.3 Å².